The van der Waals surface area contributed by atoms with Gasteiger partial charge < -0.3 is 14.8 Å². The molecule has 2 rings (SSSR count). The number of aliphatic hydroxyl groups excluding tert-OH is 2. The smallest absolute Gasteiger partial charge is 0.140 e. The average molecular weight is 281 g/mol. The number of imidazole rings is 1. The van der Waals surface area contributed by atoms with Gasteiger partial charge in [0.1, 0.15) is 11.9 Å². The first-order valence-electron chi connectivity index (χ1n) is 6.25. The zero-order valence-corrected chi connectivity index (χ0v) is 11.3. The Morgan fingerprint density at radius 2 is 2.00 bits per heavy atom. The SMILES string of the molecule is OCC(O)c1nccn1CCCc1ccc(Cl)cc1. The Bertz CT molecular complexity index is 510. The van der Waals surface area contributed by atoms with Gasteiger partial charge in [0.25, 0.3) is 0 Å². The second kappa shape index (κ2) is 6.70. The third kappa shape index (κ3) is 3.80. The molecule has 4 nitrogen and oxygen atoms in total. The minimum absolute atomic E-state index is 0.311. The molecular formula is C14H17ClN2O2. The zero-order valence-electron chi connectivity index (χ0n) is 10.5. The van der Waals surface area contributed by atoms with Crippen molar-refractivity contribution in [2.24, 2.45) is 0 Å². The predicted octanol–water partition coefficient (Wildman–Crippen LogP) is 2.20. The summed E-state index contributed by atoms with van der Waals surface area (Å²) in [4.78, 5) is 4.06. The molecule has 5 heteroatoms. The first kappa shape index (κ1) is 14.1. The van der Waals surface area contributed by atoms with Crippen LogP contribution in [-0.4, -0.2) is 26.4 Å². The van der Waals surface area contributed by atoms with Crippen molar-refractivity contribution in [2.75, 3.05) is 6.61 Å². The fourth-order valence-electron chi connectivity index (χ4n) is 1.99. The number of benzene rings is 1. The van der Waals surface area contributed by atoms with E-state index in [-0.39, 0.29) is 6.61 Å². The highest BCUT2D eigenvalue weighted by Gasteiger charge is 2.12. The van der Waals surface area contributed by atoms with Gasteiger partial charge in [0, 0.05) is 24.0 Å². The molecule has 0 amide bonds. The van der Waals surface area contributed by atoms with Crippen LogP contribution in [-0.2, 0) is 13.0 Å². The minimum Gasteiger partial charge on any atom is -0.393 e. The molecule has 0 fully saturated rings. The van der Waals surface area contributed by atoms with Crippen LogP contribution in [0.3, 0.4) is 0 Å². The summed E-state index contributed by atoms with van der Waals surface area (Å²) in [6, 6.07) is 7.80. The average Bonchev–Trinajstić information content (AvgIpc) is 2.88. The van der Waals surface area contributed by atoms with Crippen LogP contribution < -0.4 is 0 Å². The second-order valence-electron chi connectivity index (χ2n) is 4.41. The number of aromatic nitrogens is 2. The molecule has 19 heavy (non-hydrogen) atoms. The second-order valence-corrected chi connectivity index (χ2v) is 4.84. The number of aryl methyl sites for hydroxylation is 2. The molecule has 0 aliphatic carbocycles. The van der Waals surface area contributed by atoms with Gasteiger partial charge in [0.2, 0.25) is 0 Å². The van der Waals surface area contributed by atoms with Crippen LogP contribution in [0.15, 0.2) is 36.7 Å². The van der Waals surface area contributed by atoms with Crippen LogP contribution in [0.1, 0.15) is 23.9 Å². The maximum atomic E-state index is 9.60. The third-order valence-corrected chi connectivity index (χ3v) is 3.25. The van der Waals surface area contributed by atoms with Crippen LogP contribution in [0.25, 0.3) is 0 Å². The van der Waals surface area contributed by atoms with Gasteiger partial charge in [-0.25, -0.2) is 4.98 Å². The Morgan fingerprint density at radius 3 is 2.68 bits per heavy atom. The van der Waals surface area contributed by atoms with Crippen molar-refractivity contribution in [2.45, 2.75) is 25.5 Å². The molecule has 2 aromatic rings. The van der Waals surface area contributed by atoms with Crippen LogP contribution in [0, 0.1) is 0 Å². The van der Waals surface area contributed by atoms with Crippen LogP contribution in [0.4, 0.5) is 0 Å². The van der Waals surface area contributed by atoms with Gasteiger partial charge >= 0.3 is 0 Å². The van der Waals surface area contributed by atoms with Gasteiger partial charge in [0.15, 0.2) is 0 Å². The lowest BCUT2D eigenvalue weighted by molar-refractivity contribution is 0.0855. The van der Waals surface area contributed by atoms with Crippen molar-refractivity contribution in [3.05, 3.63) is 53.1 Å². The summed E-state index contributed by atoms with van der Waals surface area (Å²) in [6.07, 6.45) is 4.41. The first-order chi connectivity index (χ1) is 9.20. The van der Waals surface area contributed by atoms with E-state index in [1.54, 1.807) is 6.20 Å². The van der Waals surface area contributed by atoms with E-state index in [0.717, 1.165) is 24.4 Å². The highest BCUT2D eigenvalue weighted by atomic mass is 35.5. The van der Waals surface area contributed by atoms with E-state index < -0.39 is 6.10 Å². The molecular weight excluding hydrogens is 264 g/mol. The predicted molar refractivity (Wildman–Crippen MR) is 74.0 cm³/mol. The quantitative estimate of drug-likeness (QED) is 0.853. The lowest BCUT2D eigenvalue weighted by Crippen LogP contribution is -2.12. The van der Waals surface area contributed by atoms with E-state index in [1.807, 2.05) is 35.0 Å². The van der Waals surface area contributed by atoms with Crippen molar-refractivity contribution in [1.29, 1.82) is 0 Å². The normalized spacial score (nSPS) is 12.6. The summed E-state index contributed by atoms with van der Waals surface area (Å²) >= 11 is 5.83. The van der Waals surface area contributed by atoms with Crippen molar-refractivity contribution in [3.63, 3.8) is 0 Å². The molecule has 1 heterocycles. The van der Waals surface area contributed by atoms with Gasteiger partial charge in [-0.05, 0) is 30.5 Å². The lowest BCUT2D eigenvalue weighted by Gasteiger charge is -2.11. The molecule has 0 aliphatic heterocycles. The molecule has 1 unspecified atom stereocenters. The molecule has 1 aromatic heterocycles. The number of nitrogens with zero attached hydrogens (tertiary/aromatic N) is 2. The molecule has 0 saturated heterocycles. The molecule has 1 aromatic carbocycles. The summed E-state index contributed by atoms with van der Waals surface area (Å²) < 4.78 is 1.87. The van der Waals surface area contributed by atoms with Crippen molar-refractivity contribution in [1.82, 2.24) is 9.55 Å². The summed E-state index contributed by atoms with van der Waals surface area (Å²) in [5.74, 6) is 0.513. The summed E-state index contributed by atoms with van der Waals surface area (Å²) in [7, 11) is 0. The van der Waals surface area contributed by atoms with E-state index in [9.17, 15) is 5.11 Å². The van der Waals surface area contributed by atoms with Gasteiger partial charge in [-0.15, -0.1) is 0 Å². The largest absolute Gasteiger partial charge is 0.393 e. The van der Waals surface area contributed by atoms with Gasteiger partial charge in [-0.2, -0.15) is 0 Å². The minimum atomic E-state index is -0.912. The van der Waals surface area contributed by atoms with E-state index in [2.05, 4.69) is 4.98 Å². The van der Waals surface area contributed by atoms with Crippen molar-refractivity contribution >= 4 is 11.6 Å². The Hall–Kier alpha value is -1.36. The molecule has 102 valence electrons. The Morgan fingerprint density at radius 1 is 1.26 bits per heavy atom. The number of halogens is 1. The van der Waals surface area contributed by atoms with E-state index in [4.69, 9.17) is 16.7 Å². The van der Waals surface area contributed by atoms with E-state index >= 15 is 0 Å². The molecule has 0 saturated carbocycles. The molecule has 0 aliphatic rings. The van der Waals surface area contributed by atoms with Gasteiger partial charge in [-0.3, -0.25) is 0 Å². The molecule has 1 atom stereocenters. The Balaban J connectivity index is 1.89. The van der Waals surface area contributed by atoms with Crippen LogP contribution >= 0.6 is 11.6 Å². The summed E-state index contributed by atoms with van der Waals surface area (Å²) in [6.45, 7) is 0.448. The molecule has 0 spiro atoms. The highest BCUT2D eigenvalue weighted by molar-refractivity contribution is 6.30. The summed E-state index contributed by atoms with van der Waals surface area (Å²) in [5, 5.41) is 19.3. The maximum absolute atomic E-state index is 9.60. The standard InChI is InChI=1S/C14H17ClN2O2/c15-12-5-3-11(4-6-12)2-1-8-17-9-7-16-14(17)13(19)10-18/h3-7,9,13,18-19H,1-2,8,10H2. The Kier molecular flexibility index (Phi) is 4.96. The fourth-order valence-corrected chi connectivity index (χ4v) is 2.12. The lowest BCUT2D eigenvalue weighted by atomic mass is 10.1. The Labute approximate surface area is 117 Å². The van der Waals surface area contributed by atoms with Crippen LogP contribution in [0.5, 0.6) is 0 Å². The molecule has 0 radical (unpaired) electrons. The summed E-state index contributed by atoms with van der Waals surface area (Å²) in [5.41, 5.74) is 1.23. The first-order valence-corrected chi connectivity index (χ1v) is 6.63. The fraction of sp³-hybridized carbons (Fsp3) is 0.357. The topological polar surface area (TPSA) is 58.3 Å². The van der Waals surface area contributed by atoms with E-state index in [1.165, 1.54) is 5.56 Å². The van der Waals surface area contributed by atoms with Gasteiger partial charge in [0.05, 0.1) is 6.61 Å². The number of aliphatic hydroxyl groups is 2. The van der Waals surface area contributed by atoms with Crippen molar-refractivity contribution in [3.8, 4) is 0 Å². The van der Waals surface area contributed by atoms with Gasteiger partial charge in [-0.1, -0.05) is 23.7 Å². The third-order valence-electron chi connectivity index (χ3n) is 3.00. The maximum Gasteiger partial charge on any atom is 0.140 e. The monoisotopic (exact) mass is 280 g/mol. The number of rotatable bonds is 6. The van der Waals surface area contributed by atoms with Crippen LogP contribution in [0.2, 0.25) is 5.02 Å². The van der Waals surface area contributed by atoms with Crippen molar-refractivity contribution < 1.29 is 10.2 Å². The number of hydrogen-bond acceptors (Lipinski definition) is 3. The highest BCUT2D eigenvalue weighted by Crippen LogP contribution is 2.13. The number of hydrogen-bond donors (Lipinski definition) is 2. The molecule has 0 bridgehead atoms. The zero-order chi connectivity index (χ0) is 13.7. The molecule has 2 N–H and O–H groups in total. The van der Waals surface area contributed by atoms with E-state index in [0.29, 0.717) is 5.82 Å².